The number of hydrogen-bond acceptors (Lipinski definition) is 3. The fourth-order valence-electron chi connectivity index (χ4n) is 1.27. The summed E-state index contributed by atoms with van der Waals surface area (Å²) in [5.74, 6) is 0. The predicted molar refractivity (Wildman–Crippen MR) is 56.5 cm³/mol. The lowest BCUT2D eigenvalue weighted by atomic mass is 10.2. The Balaban J connectivity index is 2.72. The van der Waals surface area contributed by atoms with Crippen molar-refractivity contribution in [2.75, 3.05) is 13.7 Å². The first-order valence-electron chi connectivity index (χ1n) is 4.60. The highest BCUT2D eigenvalue weighted by Crippen LogP contribution is 2.16. The number of halogens is 1. The number of methoxy groups -OCH3 is 1. The van der Waals surface area contributed by atoms with Gasteiger partial charge >= 0.3 is 0 Å². The first-order chi connectivity index (χ1) is 6.65. The van der Waals surface area contributed by atoms with Gasteiger partial charge in [0, 0.05) is 19.6 Å². The molecule has 2 N–H and O–H groups in total. The number of ether oxygens (including phenoxy) is 1. The third kappa shape index (κ3) is 2.97. The molecule has 1 rings (SSSR count). The van der Waals surface area contributed by atoms with Crippen LogP contribution >= 0.6 is 11.6 Å². The van der Waals surface area contributed by atoms with Crippen molar-refractivity contribution in [3.05, 3.63) is 16.9 Å². The molecule has 1 unspecified atom stereocenters. The quantitative estimate of drug-likeness (QED) is 0.803. The molecule has 1 atom stereocenters. The van der Waals surface area contributed by atoms with Gasteiger partial charge in [0.25, 0.3) is 0 Å². The molecule has 0 aliphatic carbocycles. The molecule has 0 saturated heterocycles. The molecular formula is C9H16ClN3O. The van der Waals surface area contributed by atoms with Gasteiger partial charge in [0.2, 0.25) is 0 Å². The van der Waals surface area contributed by atoms with Gasteiger partial charge in [-0.15, -0.1) is 0 Å². The Morgan fingerprint density at radius 2 is 2.43 bits per heavy atom. The lowest BCUT2D eigenvalue weighted by molar-refractivity contribution is 0.182. The molecule has 1 aromatic rings. The van der Waals surface area contributed by atoms with Crippen LogP contribution in [0.4, 0.5) is 0 Å². The number of rotatable bonds is 5. The zero-order chi connectivity index (χ0) is 10.6. The average Bonchev–Trinajstić information content (AvgIpc) is 2.45. The molecule has 0 radical (unpaired) electrons. The van der Waals surface area contributed by atoms with E-state index in [0.717, 1.165) is 12.1 Å². The van der Waals surface area contributed by atoms with E-state index in [0.29, 0.717) is 18.2 Å². The molecule has 0 spiro atoms. The van der Waals surface area contributed by atoms with E-state index in [2.05, 4.69) is 5.10 Å². The van der Waals surface area contributed by atoms with E-state index in [9.17, 15) is 0 Å². The van der Waals surface area contributed by atoms with Crippen molar-refractivity contribution in [3.8, 4) is 0 Å². The zero-order valence-electron chi connectivity index (χ0n) is 8.53. The van der Waals surface area contributed by atoms with Crippen molar-refractivity contribution < 1.29 is 4.74 Å². The van der Waals surface area contributed by atoms with Crippen LogP contribution in [-0.2, 0) is 17.7 Å². The molecule has 0 aliphatic heterocycles. The van der Waals surface area contributed by atoms with Gasteiger partial charge in [0.15, 0.2) is 0 Å². The summed E-state index contributed by atoms with van der Waals surface area (Å²) in [6.07, 6.45) is 2.39. The average molecular weight is 218 g/mol. The summed E-state index contributed by atoms with van der Waals surface area (Å²) in [5, 5.41) is 4.83. The highest BCUT2D eigenvalue weighted by molar-refractivity contribution is 6.31. The van der Waals surface area contributed by atoms with Gasteiger partial charge in [-0.25, -0.2) is 0 Å². The fourth-order valence-corrected chi connectivity index (χ4v) is 1.48. The van der Waals surface area contributed by atoms with Crippen LogP contribution in [-0.4, -0.2) is 29.5 Å². The van der Waals surface area contributed by atoms with Crippen molar-refractivity contribution in [2.24, 2.45) is 5.73 Å². The third-order valence-electron chi connectivity index (χ3n) is 1.92. The Bertz CT molecular complexity index is 286. The van der Waals surface area contributed by atoms with E-state index in [1.165, 1.54) is 0 Å². The van der Waals surface area contributed by atoms with Gasteiger partial charge in [-0.3, -0.25) is 4.68 Å². The van der Waals surface area contributed by atoms with Crippen molar-refractivity contribution >= 4 is 11.6 Å². The number of nitrogens with two attached hydrogens (primary N) is 1. The van der Waals surface area contributed by atoms with E-state index < -0.39 is 0 Å². The summed E-state index contributed by atoms with van der Waals surface area (Å²) in [6.45, 7) is 3.29. The molecule has 80 valence electrons. The molecule has 1 aromatic heterocycles. The molecule has 0 saturated carbocycles. The standard InChI is InChI=1S/C9H16ClN3O/c1-7(11)5-9-8(10)6-12-13(9)3-4-14-2/h6-7H,3-5,11H2,1-2H3. The van der Waals surface area contributed by atoms with Gasteiger partial charge in [-0.2, -0.15) is 5.10 Å². The van der Waals surface area contributed by atoms with Gasteiger partial charge < -0.3 is 10.5 Å². The minimum Gasteiger partial charge on any atom is -0.383 e. The van der Waals surface area contributed by atoms with Crippen LogP contribution in [0, 0.1) is 0 Å². The van der Waals surface area contributed by atoms with Crippen LogP contribution in [0.2, 0.25) is 5.02 Å². The summed E-state index contributed by atoms with van der Waals surface area (Å²) < 4.78 is 6.82. The topological polar surface area (TPSA) is 53.1 Å². The van der Waals surface area contributed by atoms with Gasteiger partial charge in [-0.1, -0.05) is 11.6 Å². The Kier molecular flexibility index (Phi) is 4.38. The molecule has 14 heavy (non-hydrogen) atoms. The first kappa shape index (κ1) is 11.5. The monoisotopic (exact) mass is 217 g/mol. The minimum atomic E-state index is 0.0884. The van der Waals surface area contributed by atoms with Crippen molar-refractivity contribution in [1.29, 1.82) is 0 Å². The minimum absolute atomic E-state index is 0.0884. The van der Waals surface area contributed by atoms with E-state index in [1.807, 2.05) is 11.6 Å². The molecule has 0 aromatic carbocycles. The normalized spacial score (nSPS) is 13.1. The maximum Gasteiger partial charge on any atom is 0.0818 e. The summed E-state index contributed by atoms with van der Waals surface area (Å²) in [4.78, 5) is 0. The van der Waals surface area contributed by atoms with Gasteiger partial charge in [-0.05, 0) is 6.92 Å². The van der Waals surface area contributed by atoms with Gasteiger partial charge in [0.1, 0.15) is 0 Å². The van der Waals surface area contributed by atoms with Crippen LogP contribution in [0.1, 0.15) is 12.6 Å². The fraction of sp³-hybridized carbons (Fsp3) is 0.667. The van der Waals surface area contributed by atoms with Crippen LogP contribution in [0.15, 0.2) is 6.20 Å². The van der Waals surface area contributed by atoms with Crippen LogP contribution < -0.4 is 5.73 Å². The lowest BCUT2D eigenvalue weighted by Crippen LogP contribution is -2.21. The van der Waals surface area contributed by atoms with E-state index >= 15 is 0 Å². The van der Waals surface area contributed by atoms with E-state index in [4.69, 9.17) is 22.1 Å². The highest BCUT2D eigenvalue weighted by atomic mass is 35.5. The van der Waals surface area contributed by atoms with Gasteiger partial charge in [0.05, 0.1) is 30.1 Å². The summed E-state index contributed by atoms with van der Waals surface area (Å²) in [7, 11) is 1.66. The second-order valence-electron chi connectivity index (χ2n) is 3.34. The number of nitrogens with zero attached hydrogens (tertiary/aromatic N) is 2. The molecule has 4 nitrogen and oxygen atoms in total. The molecule has 5 heteroatoms. The van der Waals surface area contributed by atoms with Crippen LogP contribution in [0.3, 0.4) is 0 Å². The van der Waals surface area contributed by atoms with Crippen molar-refractivity contribution in [2.45, 2.75) is 25.9 Å². The molecular weight excluding hydrogens is 202 g/mol. The van der Waals surface area contributed by atoms with Crippen LogP contribution in [0.25, 0.3) is 0 Å². The third-order valence-corrected chi connectivity index (χ3v) is 2.24. The Hall–Kier alpha value is -0.580. The Morgan fingerprint density at radius 3 is 3.00 bits per heavy atom. The number of aromatic nitrogens is 2. The Morgan fingerprint density at radius 1 is 1.71 bits per heavy atom. The molecule has 0 fully saturated rings. The molecule has 0 amide bonds. The predicted octanol–water partition coefficient (Wildman–Crippen LogP) is 1.07. The first-order valence-corrected chi connectivity index (χ1v) is 4.97. The smallest absolute Gasteiger partial charge is 0.0818 e. The van der Waals surface area contributed by atoms with Crippen molar-refractivity contribution in [1.82, 2.24) is 9.78 Å². The van der Waals surface area contributed by atoms with Crippen LogP contribution in [0.5, 0.6) is 0 Å². The second-order valence-corrected chi connectivity index (χ2v) is 3.74. The summed E-state index contributed by atoms with van der Waals surface area (Å²) in [6, 6.07) is 0.0884. The number of hydrogen-bond donors (Lipinski definition) is 1. The maximum atomic E-state index is 5.99. The molecule has 1 heterocycles. The lowest BCUT2D eigenvalue weighted by Gasteiger charge is -2.09. The van der Waals surface area contributed by atoms with Crippen molar-refractivity contribution in [3.63, 3.8) is 0 Å². The van der Waals surface area contributed by atoms with E-state index in [1.54, 1.807) is 13.3 Å². The Labute approximate surface area is 89.0 Å². The zero-order valence-corrected chi connectivity index (χ0v) is 9.29. The maximum absolute atomic E-state index is 5.99. The SMILES string of the molecule is COCCn1ncc(Cl)c1CC(C)N. The van der Waals surface area contributed by atoms with E-state index in [-0.39, 0.29) is 6.04 Å². The summed E-state index contributed by atoms with van der Waals surface area (Å²) in [5.41, 5.74) is 6.70. The highest BCUT2D eigenvalue weighted by Gasteiger charge is 2.10. The largest absolute Gasteiger partial charge is 0.383 e. The summed E-state index contributed by atoms with van der Waals surface area (Å²) >= 11 is 5.99. The molecule has 0 bridgehead atoms. The second kappa shape index (κ2) is 5.34. The molecule has 0 aliphatic rings.